The van der Waals surface area contributed by atoms with E-state index in [-0.39, 0.29) is 19.5 Å². The molecule has 0 aromatic carbocycles. The third kappa shape index (κ3) is 6.86. The van der Waals surface area contributed by atoms with Crippen LogP contribution in [0, 0.1) is 0 Å². The number of ether oxygens (including phenoxy) is 1. The van der Waals surface area contributed by atoms with Gasteiger partial charge in [-0.2, -0.15) is 0 Å². The fourth-order valence-corrected chi connectivity index (χ4v) is 0.250. The Morgan fingerprint density at radius 3 is 2.14 bits per heavy atom. The van der Waals surface area contributed by atoms with Crippen LogP contribution in [0.5, 0.6) is 0 Å². The van der Waals surface area contributed by atoms with E-state index >= 15 is 0 Å². The van der Waals surface area contributed by atoms with Gasteiger partial charge in [0, 0.05) is 19.5 Å². The zero-order valence-corrected chi connectivity index (χ0v) is 9.03. The molecule has 38 valence electrons. The minimum Gasteiger partial charge on any atom is -0.482 e. The molecule has 0 spiro atoms. The molecule has 0 heterocycles. The van der Waals surface area contributed by atoms with Crippen LogP contribution in [-0.2, 0) is 24.2 Å². The molecule has 0 aliphatic heterocycles. The van der Waals surface area contributed by atoms with Gasteiger partial charge in [0.05, 0.1) is 7.11 Å². The van der Waals surface area contributed by atoms with E-state index in [1.54, 1.807) is 7.11 Å². The van der Waals surface area contributed by atoms with Gasteiger partial charge >= 0.3 is 0 Å². The first-order valence-electron chi connectivity index (χ1n) is 1.43. The molecule has 0 aromatic heterocycles. The molecule has 0 unspecified atom stereocenters. The summed E-state index contributed by atoms with van der Waals surface area (Å²) >= 11 is 6.03. The first-order chi connectivity index (χ1) is 2.81. The number of thiocarbonyl (C=S) groups is 1. The fraction of sp³-hybridized carbons (Fsp3) is 0.667. The zero-order valence-electron chi connectivity index (χ0n) is 4.43. The van der Waals surface area contributed by atoms with Crippen molar-refractivity contribution in [3.8, 4) is 0 Å². The van der Waals surface area contributed by atoms with Crippen LogP contribution in [-0.4, -0.2) is 17.7 Å². The third-order valence-electron chi connectivity index (χ3n) is 0.333. The zero-order chi connectivity index (χ0) is 4.99. The van der Waals surface area contributed by atoms with Crippen LogP contribution in [0.25, 0.3) is 0 Å². The molecule has 0 bridgehead atoms. The molecule has 7 heavy (non-hydrogen) atoms. The van der Waals surface area contributed by atoms with Gasteiger partial charge in [0.25, 0.3) is 0 Å². The van der Waals surface area contributed by atoms with Gasteiger partial charge in [0.1, 0.15) is 0 Å². The minimum absolute atomic E-state index is 0. The third-order valence-corrected chi connectivity index (χ3v) is 1.50. The second kappa shape index (κ2) is 6.86. The molecule has 0 aliphatic carbocycles. The molecule has 0 aromatic rings. The van der Waals surface area contributed by atoms with E-state index in [4.69, 9.17) is 0 Å². The second-order valence-electron chi connectivity index (χ2n) is 0.658. The number of rotatable bonds is 0. The standard InChI is InChI=1S/C3H6OS2.Zn/c1-4-3(5)6-2;/h1-2H3;. The van der Waals surface area contributed by atoms with Gasteiger partial charge in [0.15, 0.2) is 0 Å². The van der Waals surface area contributed by atoms with Gasteiger partial charge in [-0.15, -0.1) is 0 Å². The monoisotopic (exact) mass is 186 g/mol. The predicted octanol–water partition coefficient (Wildman–Crippen LogP) is 1.28. The van der Waals surface area contributed by atoms with Gasteiger partial charge in [-0.25, -0.2) is 0 Å². The van der Waals surface area contributed by atoms with Gasteiger partial charge in [-0.05, 0) is 18.5 Å². The van der Waals surface area contributed by atoms with Crippen molar-refractivity contribution >= 4 is 28.4 Å². The van der Waals surface area contributed by atoms with Crippen molar-refractivity contribution in [1.29, 1.82) is 0 Å². The number of hydrogen-bond acceptors (Lipinski definition) is 3. The van der Waals surface area contributed by atoms with Crippen molar-refractivity contribution < 1.29 is 24.2 Å². The van der Waals surface area contributed by atoms with Crippen molar-refractivity contribution in [2.75, 3.05) is 13.4 Å². The van der Waals surface area contributed by atoms with Gasteiger partial charge < -0.3 is 4.74 Å². The predicted molar refractivity (Wildman–Crippen MR) is 33.1 cm³/mol. The van der Waals surface area contributed by atoms with Crippen molar-refractivity contribution in [1.82, 2.24) is 0 Å². The number of thioether (sulfide) groups is 1. The van der Waals surface area contributed by atoms with Crippen LogP contribution in [0.15, 0.2) is 0 Å². The summed E-state index contributed by atoms with van der Waals surface area (Å²) in [5, 5.41) is 0. The molecule has 0 fully saturated rings. The largest absolute Gasteiger partial charge is 0.482 e. The smallest absolute Gasteiger partial charge is 0.219 e. The topological polar surface area (TPSA) is 9.23 Å². The summed E-state index contributed by atoms with van der Waals surface area (Å²) in [6.45, 7) is 0. The molecule has 0 radical (unpaired) electrons. The second-order valence-corrected chi connectivity index (χ2v) is 2.07. The molecule has 1 nitrogen and oxygen atoms in total. The number of methoxy groups -OCH3 is 1. The maximum atomic E-state index is 4.60. The van der Waals surface area contributed by atoms with Crippen LogP contribution in [0.3, 0.4) is 0 Å². The Morgan fingerprint density at radius 1 is 1.71 bits per heavy atom. The summed E-state index contributed by atoms with van der Waals surface area (Å²) < 4.78 is 5.19. The average Bonchev–Trinajstić information content (AvgIpc) is 1.65. The van der Waals surface area contributed by atoms with Crippen molar-refractivity contribution in [3.05, 3.63) is 0 Å². The molecule has 0 saturated heterocycles. The van der Waals surface area contributed by atoms with Crippen molar-refractivity contribution in [2.45, 2.75) is 0 Å². The Kier molecular flexibility index (Phi) is 10.6. The molecular weight excluding hydrogens is 182 g/mol. The van der Waals surface area contributed by atoms with Crippen molar-refractivity contribution in [2.24, 2.45) is 0 Å². The van der Waals surface area contributed by atoms with Crippen LogP contribution >= 0.6 is 24.0 Å². The normalized spacial score (nSPS) is 6.57. The maximum absolute atomic E-state index is 4.60. The number of hydrogen-bond donors (Lipinski definition) is 0. The maximum Gasteiger partial charge on any atom is 0.219 e. The van der Waals surface area contributed by atoms with E-state index in [0.29, 0.717) is 4.38 Å². The Labute approximate surface area is 65.9 Å². The van der Waals surface area contributed by atoms with Crippen LogP contribution in [0.1, 0.15) is 0 Å². The molecule has 0 N–H and O–H groups in total. The molecule has 0 rings (SSSR count). The van der Waals surface area contributed by atoms with E-state index in [0.717, 1.165) is 0 Å². The van der Waals surface area contributed by atoms with E-state index in [2.05, 4.69) is 17.0 Å². The Morgan fingerprint density at radius 2 is 2.14 bits per heavy atom. The summed E-state index contributed by atoms with van der Waals surface area (Å²) in [4.78, 5) is 0. The van der Waals surface area contributed by atoms with E-state index in [9.17, 15) is 0 Å². The SMILES string of the molecule is COC(=S)SC.[Zn]. The Hall–Kier alpha value is 0.863. The molecular formula is C3H6OS2Zn. The summed E-state index contributed by atoms with van der Waals surface area (Å²) in [6, 6.07) is 0. The summed E-state index contributed by atoms with van der Waals surface area (Å²) in [5.41, 5.74) is 0. The van der Waals surface area contributed by atoms with E-state index in [1.165, 1.54) is 11.8 Å². The van der Waals surface area contributed by atoms with Gasteiger partial charge in [0.2, 0.25) is 4.38 Å². The molecule has 4 heteroatoms. The molecule has 0 amide bonds. The van der Waals surface area contributed by atoms with E-state index in [1.807, 2.05) is 6.26 Å². The first-order valence-corrected chi connectivity index (χ1v) is 3.06. The van der Waals surface area contributed by atoms with E-state index < -0.39 is 0 Å². The van der Waals surface area contributed by atoms with Gasteiger partial charge in [-0.1, -0.05) is 11.8 Å². The Balaban J connectivity index is 0. The summed E-state index contributed by atoms with van der Waals surface area (Å²) in [5.74, 6) is 0. The molecule has 0 aliphatic rings. The van der Waals surface area contributed by atoms with Crippen molar-refractivity contribution in [3.63, 3.8) is 0 Å². The quantitative estimate of drug-likeness (QED) is 0.418. The minimum atomic E-state index is 0. The summed E-state index contributed by atoms with van der Waals surface area (Å²) in [7, 11) is 1.57. The fourth-order valence-electron chi connectivity index (χ4n) is 0.0833. The summed E-state index contributed by atoms with van der Waals surface area (Å²) in [6.07, 6.45) is 1.88. The van der Waals surface area contributed by atoms with Crippen LogP contribution in [0.2, 0.25) is 0 Å². The first kappa shape index (κ1) is 10.8. The van der Waals surface area contributed by atoms with Crippen LogP contribution < -0.4 is 0 Å². The van der Waals surface area contributed by atoms with Gasteiger partial charge in [-0.3, -0.25) is 0 Å². The molecule has 0 atom stereocenters. The van der Waals surface area contributed by atoms with Crippen LogP contribution in [0.4, 0.5) is 0 Å². The average molecular weight is 188 g/mol. The Bertz CT molecular complexity index is 50.9. The molecule has 0 saturated carbocycles.